The van der Waals surface area contributed by atoms with E-state index in [1.54, 1.807) is 10.9 Å². The summed E-state index contributed by atoms with van der Waals surface area (Å²) in [5, 5.41) is 7.53. The third-order valence-electron chi connectivity index (χ3n) is 3.07. The van der Waals surface area contributed by atoms with E-state index < -0.39 is 0 Å². The molecule has 0 aliphatic rings. The molecule has 1 aromatic carbocycles. The Kier molecular flexibility index (Phi) is 3.73. The van der Waals surface area contributed by atoms with Gasteiger partial charge in [-0.25, -0.2) is 9.67 Å². The van der Waals surface area contributed by atoms with Crippen LogP contribution in [-0.4, -0.2) is 21.3 Å². The molecule has 4 nitrogen and oxygen atoms in total. The summed E-state index contributed by atoms with van der Waals surface area (Å²) in [6.07, 6.45) is 6.46. The predicted octanol–water partition coefficient (Wildman–Crippen LogP) is 2.92. The van der Waals surface area contributed by atoms with Gasteiger partial charge < -0.3 is 5.32 Å². The van der Waals surface area contributed by atoms with Crippen molar-refractivity contribution in [2.45, 2.75) is 6.42 Å². The molecule has 2 heterocycles. The molecule has 0 saturated carbocycles. The molecule has 0 aliphatic carbocycles. The molecular weight excluding hydrogens is 248 g/mol. The van der Waals surface area contributed by atoms with Gasteiger partial charge in [-0.3, -0.25) is 0 Å². The number of rotatable bonds is 5. The molecule has 0 bridgehead atoms. The molecule has 0 radical (unpaired) electrons. The van der Waals surface area contributed by atoms with Crippen molar-refractivity contribution in [3.63, 3.8) is 0 Å². The third-order valence-corrected chi connectivity index (χ3v) is 3.07. The van der Waals surface area contributed by atoms with Crippen LogP contribution < -0.4 is 5.32 Å². The Morgan fingerprint density at radius 3 is 2.60 bits per heavy atom. The number of hydrogen-bond donors (Lipinski definition) is 1. The maximum absolute atomic E-state index is 4.38. The minimum absolute atomic E-state index is 0.823. The minimum Gasteiger partial charge on any atom is -0.383 e. The second-order valence-corrected chi connectivity index (χ2v) is 4.52. The van der Waals surface area contributed by atoms with Gasteiger partial charge in [-0.1, -0.05) is 30.3 Å². The van der Waals surface area contributed by atoms with E-state index in [4.69, 9.17) is 0 Å². The van der Waals surface area contributed by atoms with Gasteiger partial charge in [-0.15, -0.1) is 0 Å². The molecule has 0 atom stereocenters. The van der Waals surface area contributed by atoms with Gasteiger partial charge in [0, 0.05) is 18.9 Å². The molecule has 0 saturated heterocycles. The quantitative estimate of drug-likeness (QED) is 0.770. The highest BCUT2D eigenvalue weighted by Crippen LogP contribution is 2.09. The summed E-state index contributed by atoms with van der Waals surface area (Å²) >= 11 is 0. The van der Waals surface area contributed by atoms with Crippen LogP contribution in [0.2, 0.25) is 0 Å². The Bertz CT molecular complexity index is 630. The Labute approximate surface area is 118 Å². The number of hydrogen-bond acceptors (Lipinski definition) is 3. The molecule has 0 fully saturated rings. The second-order valence-electron chi connectivity index (χ2n) is 4.52. The molecule has 0 unspecified atom stereocenters. The average molecular weight is 264 g/mol. The van der Waals surface area contributed by atoms with Crippen LogP contribution >= 0.6 is 0 Å². The zero-order chi connectivity index (χ0) is 13.6. The van der Waals surface area contributed by atoms with Crippen LogP contribution in [0.4, 0.5) is 5.69 Å². The van der Waals surface area contributed by atoms with Crippen LogP contribution in [0, 0.1) is 0 Å². The van der Waals surface area contributed by atoms with E-state index in [0.29, 0.717) is 0 Å². The largest absolute Gasteiger partial charge is 0.383 e. The molecule has 3 rings (SSSR count). The number of benzene rings is 1. The maximum atomic E-state index is 4.38. The Hall–Kier alpha value is -2.62. The van der Waals surface area contributed by atoms with E-state index in [2.05, 4.69) is 39.7 Å². The monoisotopic (exact) mass is 264 g/mol. The lowest BCUT2D eigenvalue weighted by atomic mass is 10.1. The topological polar surface area (TPSA) is 42.7 Å². The predicted molar refractivity (Wildman–Crippen MR) is 80.0 cm³/mol. The van der Waals surface area contributed by atoms with Gasteiger partial charge in [0.15, 0.2) is 5.82 Å². The van der Waals surface area contributed by atoms with Crippen molar-refractivity contribution in [1.82, 2.24) is 14.8 Å². The molecule has 20 heavy (non-hydrogen) atoms. The fourth-order valence-corrected chi connectivity index (χ4v) is 2.03. The molecular formula is C16H16N4. The molecule has 3 aromatic rings. The molecule has 0 spiro atoms. The fourth-order valence-electron chi connectivity index (χ4n) is 2.03. The number of nitrogens with one attached hydrogen (secondary N) is 1. The zero-order valence-corrected chi connectivity index (χ0v) is 11.1. The first-order chi connectivity index (χ1) is 9.92. The number of anilines is 1. The van der Waals surface area contributed by atoms with Crippen LogP contribution in [-0.2, 0) is 6.42 Å². The molecule has 4 heteroatoms. The van der Waals surface area contributed by atoms with E-state index in [-0.39, 0.29) is 0 Å². The van der Waals surface area contributed by atoms with Gasteiger partial charge in [0.1, 0.15) is 0 Å². The van der Waals surface area contributed by atoms with Gasteiger partial charge in [0.25, 0.3) is 0 Å². The number of aromatic nitrogens is 3. The van der Waals surface area contributed by atoms with E-state index in [9.17, 15) is 0 Å². The van der Waals surface area contributed by atoms with Crippen LogP contribution in [0.25, 0.3) is 5.82 Å². The molecule has 0 aliphatic heterocycles. The highest BCUT2D eigenvalue weighted by Gasteiger charge is 1.98. The van der Waals surface area contributed by atoms with Crippen molar-refractivity contribution in [1.29, 1.82) is 0 Å². The zero-order valence-electron chi connectivity index (χ0n) is 11.1. The summed E-state index contributed by atoms with van der Waals surface area (Å²) in [6.45, 7) is 0.896. The first kappa shape index (κ1) is 12.4. The van der Waals surface area contributed by atoms with Crippen molar-refractivity contribution in [2.75, 3.05) is 11.9 Å². The summed E-state index contributed by atoms with van der Waals surface area (Å²) in [6, 6.07) is 16.3. The van der Waals surface area contributed by atoms with Crippen LogP contribution in [0.3, 0.4) is 0 Å². The van der Waals surface area contributed by atoms with Crippen molar-refractivity contribution in [3.8, 4) is 5.82 Å². The van der Waals surface area contributed by atoms with E-state index >= 15 is 0 Å². The van der Waals surface area contributed by atoms with Crippen molar-refractivity contribution in [2.24, 2.45) is 0 Å². The summed E-state index contributed by atoms with van der Waals surface area (Å²) in [5.41, 5.74) is 2.36. The Morgan fingerprint density at radius 2 is 1.90 bits per heavy atom. The summed E-state index contributed by atoms with van der Waals surface area (Å²) in [4.78, 5) is 4.38. The summed E-state index contributed by atoms with van der Waals surface area (Å²) < 4.78 is 1.74. The first-order valence-electron chi connectivity index (χ1n) is 6.66. The number of nitrogens with zero attached hydrogens (tertiary/aromatic N) is 3. The maximum Gasteiger partial charge on any atom is 0.153 e. The van der Waals surface area contributed by atoms with Gasteiger partial charge in [-0.05, 0) is 30.2 Å². The highest BCUT2D eigenvalue weighted by atomic mass is 15.3. The fraction of sp³-hybridized carbons (Fsp3) is 0.125. The molecule has 1 N–H and O–H groups in total. The highest BCUT2D eigenvalue weighted by molar-refractivity contribution is 5.43. The smallest absolute Gasteiger partial charge is 0.153 e. The SMILES string of the molecule is c1ccc(CCNc2ccc(-n3cccn3)nc2)cc1. The van der Waals surface area contributed by atoms with Crippen molar-refractivity contribution in [3.05, 3.63) is 72.7 Å². The molecule has 0 amide bonds. The van der Waals surface area contributed by atoms with Gasteiger partial charge in [-0.2, -0.15) is 5.10 Å². The van der Waals surface area contributed by atoms with Crippen LogP contribution in [0.15, 0.2) is 67.1 Å². The molecule has 100 valence electrons. The first-order valence-corrected chi connectivity index (χ1v) is 6.66. The lowest BCUT2D eigenvalue weighted by Gasteiger charge is -2.07. The second kappa shape index (κ2) is 6.02. The van der Waals surface area contributed by atoms with Crippen LogP contribution in [0.5, 0.6) is 0 Å². The standard InChI is InChI=1S/C16H16N4/c1-2-5-14(6-3-1)9-11-17-15-7-8-16(18-13-15)20-12-4-10-19-20/h1-8,10,12-13,17H,9,11H2. The molecule has 2 aromatic heterocycles. The average Bonchev–Trinajstić information content (AvgIpc) is 3.03. The minimum atomic E-state index is 0.823. The van der Waals surface area contributed by atoms with Gasteiger partial charge in [0.2, 0.25) is 0 Å². The number of pyridine rings is 1. The lowest BCUT2D eigenvalue weighted by molar-refractivity contribution is 0.847. The normalized spacial score (nSPS) is 10.4. The Balaban J connectivity index is 1.56. The van der Waals surface area contributed by atoms with E-state index in [0.717, 1.165) is 24.5 Å². The lowest BCUT2D eigenvalue weighted by Crippen LogP contribution is -2.05. The Morgan fingerprint density at radius 1 is 1.00 bits per heavy atom. The van der Waals surface area contributed by atoms with E-state index in [1.165, 1.54) is 5.56 Å². The van der Waals surface area contributed by atoms with Gasteiger partial charge in [0.05, 0.1) is 11.9 Å². The summed E-state index contributed by atoms with van der Waals surface area (Å²) in [7, 11) is 0. The van der Waals surface area contributed by atoms with E-state index in [1.807, 2.05) is 36.7 Å². The summed E-state index contributed by atoms with van der Waals surface area (Å²) in [5.74, 6) is 0.823. The van der Waals surface area contributed by atoms with Crippen molar-refractivity contribution >= 4 is 5.69 Å². The van der Waals surface area contributed by atoms with Crippen LogP contribution in [0.1, 0.15) is 5.56 Å². The van der Waals surface area contributed by atoms with Crippen molar-refractivity contribution < 1.29 is 0 Å². The van der Waals surface area contributed by atoms with Gasteiger partial charge >= 0.3 is 0 Å². The third kappa shape index (κ3) is 3.03.